The summed E-state index contributed by atoms with van der Waals surface area (Å²) in [5, 5.41) is 2.89. The molecule has 0 heterocycles. The maximum atomic E-state index is 13.3. The molecular weight excluding hydrogens is 234 g/mol. The molecule has 0 saturated heterocycles. The Balaban J connectivity index is 2.01. The predicted molar refractivity (Wildman–Crippen MR) is 57.4 cm³/mol. The molecule has 0 aromatic rings. The summed E-state index contributed by atoms with van der Waals surface area (Å²) < 4.78 is 52.9. The number of alkyl halides is 4. The molecule has 2 aliphatic carbocycles. The molecule has 0 spiro atoms. The predicted octanol–water partition coefficient (Wildman–Crippen LogP) is 3.45. The number of rotatable bonds is 2. The van der Waals surface area contributed by atoms with Crippen molar-refractivity contribution >= 4 is 0 Å². The van der Waals surface area contributed by atoms with Crippen LogP contribution < -0.4 is 5.32 Å². The lowest BCUT2D eigenvalue weighted by Gasteiger charge is -2.39. The van der Waals surface area contributed by atoms with Gasteiger partial charge in [0, 0.05) is 31.7 Å². The summed E-state index contributed by atoms with van der Waals surface area (Å²) in [6.07, 6.45) is 0.261. The van der Waals surface area contributed by atoms with Crippen molar-refractivity contribution in [1.82, 2.24) is 5.32 Å². The van der Waals surface area contributed by atoms with Gasteiger partial charge >= 0.3 is 0 Å². The normalized spacial score (nSPS) is 40.4. The topological polar surface area (TPSA) is 12.0 Å². The van der Waals surface area contributed by atoms with E-state index in [1.54, 1.807) is 7.05 Å². The molecule has 0 bridgehead atoms. The van der Waals surface area contributed by atoms with Gasteiger partial charge in [-0.2, -0.15) is 0 Å². The van der Waals surface area contributed by atoms with E-state index in [9.17, 15) is 17.6 Å². The molecule has 3 atom stereocenters. The minimum Gasteiger partial charge on any atom is -0.316 e. The Hall–Kier alpha value is -0.320. The molecule has 5 heteroatoms. The van der Waals surface area contributed by atoms with Crippen molar-refractivity contribution in [3.05, 3.63) is 0 Å². The minimum absolute atomic E-state index is 0.0204. The van der Waals surface area contributed by atoms with Crippen molar-refractivity contribution in [2.45, 2.75) is 56.4 Å². The first-order valence-corrected chi connectivity index (χ1v) is 6.26. The van der Waals surface area contributed by atoms with Gasteiger partial charge in [0.25, 0.3) is 0 Å². The fourth-order valence-corrected chi connectivity index (χ4v) is 3.38. The maximum absolute atomic E-state index is 13.3. The second-order valence-electron chi connectivity index (χ2n) is 5.52. The van der Waals surface area contributed by atoms with Gasteiger partial charge in [0.05, 0.1) is 0 Å². The van der Waals surface area contributed by atoms with Gasteiger partial charge < -0.3 is 5.32 Å². The molecule has 3 unspecified atom stereocenters. The summed E-state index contributed by atoms with van der Waals surface area (Å²) in [5.74, 6) is -5.33. The first kappa shape index (κ1) is 13.1. The third-order valence-electron chi connectivity index (χ3n) is 4.30. The van der Waals surface area contributed by atoms with E-state index < -0.39 is 11.8 Å². The van der Waals surface area contributed by atoms with Crippen LogP contribution in [0.1, 0.15) is 38.5 Å². The van der Waals surface area contributed by atoms with Crippen LogP contribution in [-0.2, 0) is 0 Å². The molecule has 0 amide bonds. The highest BCUT2D eigenvalue weighted by Crippen LogP contribution is 2.48. The van der Waals surface area contributed by atoms with Gasteiger partial charge in [0.15, 0.2) is 0 Å². The molecule has 100 valence electrons. The lowest BCUT2D eigenvalue weighted by atomic mass is 9.74. The number of halogens is 4. The molecule has 17 heavy (non-hydrogen) atoms. The minimum atomic E-state index is -2.63. The molecule has 0 radical (unpaired) electrons. The van der Waals surface area contributed by atoms with E-state index in [2.05, 4.69) is 5.32 Å². The summed E-state index contributed by atoms with van der Waals surface area (Å²) >= 11 is 0. The highest BCUT2D eigenvalue weighted by molar-refractivity contribution is 4.95. The van der Waals surface area contributed by atoms with E-state index >= 15 is 0 Å². The summed E-state index contributed by atoms with van der Waals surface area (Å²) in [6, 6.07) is -0.322. The maximum Gasteiger partial charge on any atom is 0.249 e. The SMILES string of the molecule is CNC1CC(F)(F)CCC1C1CCC(F)(F)C1. The monoisotopic (exact) mass is 253 g/mol. The fraction of sp³-hybridized carbons (Fsp3) is 1.00. The summed E-state index contributed by atoms with van der Waals surface area (Å²) in [4.78, 5) is 0. The van der Waals surface area contributed by atoms with E-state index in [0.717, 1.165) is 0 Å². The number of hydrogen-bond donors (Lipinski definition) is 1. The van der Waals surface area contributed by atoms with Crippen molar-refractivity contribution < 1.29 is 17.6 Å². The Morgan fingerprint density at radius 3 is 2.06 bits per heavy atom. The van der Waals surface area contributed by atoms with Crippen LogP contribution in [0.2, 0.25) is 0 Å². The van der Waals surface area contributed by atoms with Crippen LogP contribution in [0.3, 0.4) is 0 Å². The molecule has 0 aromatic carbocycles. The lowest BCUT2D eigenvalue weighted by molar-refractivity contribution is -0.0679. The van der Waals surface area contributed by atoms with E-state index in [1.807, 2.05) is 0 Å². The van der Waals surface area contributed by atoms with Gasteiger partial charge in [-0.25, -0.2) is 17.6 Å². The van der Waals surface area contributed by atoms with E-state index in [1.165, 1.54) is 0 Å². The van der Waals surface area contributed by atoms with Gasteiger partial charge in [-0.1, -0.05) is 0 Å². The zero-order valence-electron chi connectivity index (χ0n) is 9.99. The molecule has 0 aliphatic heterocycles. The first-order chi connectivity index (χ1) is 7.83. The molecule has 1 nitrogen and oxygen atoms in total. The molecule has 1 N–H and O–H groups in total. The van der Waals surface area contributed by atoms with Crippen molar-refractivity contribution in [2.24, 2.45) is 11.8 Å². The Bertz CT molecular complexity index is 278. The standard InChI is InChI=1S/C12H19F4N/c1-17-10-7-12(15,16)5-3-9(10)8-2-4-11(13,14)6-8/h8-10,17H,2-7H2,1H3. The van der Waals surface area contributed by atoms with E-state index in [0.29, 0.717) is 12.8 Å². The Labute approximate surface area is 99.0 Å². The quantitative estimate of drug-likeness (QED) is 0.743. The molecular formula is C12H19F4N. The van der Waals surface area contributed by atoms with Crippen LogP contribution in [0, 0.1) is 11.8 Å². The van der Waals surface area contributed by atoms with Crippen LogP contribution in [0.25, 0.3) is 0 Å². The Morgan fingerprint density at radius 2 is 1.53 bits per heavy atom. The van der Waals surface area contributed by atoms with Crippen LogP contribution >= 0.6 is 0 Å². The highest BCUT2D eigenvalue weighted by atomic mass is 19.3. The smallest absolute Gasteiger partial charge is 0.249 e. The van der Waals surface area contributed by atoms with Crippen LogP contribution in [0.4, 0.5) is 17.6 Å². The van der Waals surface area contributed by atoms with E-state index in [-0.39, 0.29) is 43.6 Å². The zero-order valence-corrected chi connectivity index (χ0v) is 9.99. The second kappa shape index (κ2) is 4.41. The number of nitrogens with one attached hydrogen (secondary N) is 1. The first-order valence-electron chi connectivity index (χ1n) is 6.26. The molecule has 2 saturated carbocycles. The zero-order chi connectivity index (χ0) is 12.7. The van der Waals surface area contributed by atoms with Gasteiger partial charge in [-0.3, -0.25) is 0 Å². The Morgan fingerprint density at radius 1 is 0.941 bits per heavy atom. The fourth-order valence-electron chi connectivity index (χ4n) is 3.38. The van der Waals surface area contributed by atoms with Gasteiger partial charge in [0.1, 0.15) is 0 Å². The van der Waals surface area contributed by atoms with Crippen molar-refractivity contribution in [1.29, 1.82) is 0 Å². The van der Waals surface area contributed by atoms with E-state index in [4.69, 9.17) is 0 Å². The van der Waals surface area contributed by atoms with Crippen molar-refractivity contribution in [3.8, 4) is 0 Å². The number of hydrogen-bond acceptors (Lipinski definition) is 1. The third kappa shape index (κ3) is 2.92. The van der Waals surface area contributed by atoms with Crippen LogP contribution in [-0.4, -0.2) is 24.9 Å². The molecule has 2 fully saturated rings. The molecule has 2 aliphatic rings. The Kier molecular flexibility index (Phi) is 3.40. The summed E-state index contributed by atoms with van der Waals surface area (Å²) in [6.45, 7) is 0. The van der Waals surface area contributed by atoms with Gasteiger partial charge in [0.2, 0.25) is 11.8 Å². The highest BCUT2D eigenvalue weighted by Gasteiger charge is 2.48. The van der Waals surface area contributed by atoms with Crippen molar-refractivity contribution in [3.63, 3.8) is 0 Å². The summed E-state index contributed by atoms with van der Waals surface area (Å²) in [5.41, 5.74) is 0. The largest absolute Gasteiger partial charge is 0.316 e. The lowest BCUT2D eigenvalue weighted by Crippen LogP contribution is -2.46. The van der Waals surface area contributed by atoms with Crippen LogP contribution in [0.15, 0.2) is 0 Å². The molecule has 2 rings (SSSR count). The third-order valence-corrected chi connectivity index (χ3v) is 4.30. The average Bonchev–Trinajstić information content (AvgIpc) is 2.57. The van der Waals surface area contributed by atoms with Gasteiger partial charge in [-0.05, 0) is 31.7 Å². The molecule has 0 aromatic heterocycles. The van der Waals surface area contributed by atoms with Gasteiger partial charge in [-0.15, -0.1) is 0 Å². The summed E-state index contributed by atoms with van der Waals surface area (Å²) in [7, 11) is 1.65. The van der Waals surface area contributed by atoms with Crippen molar-refractivity contribution in [2.75, 3.05) is 7.05 Å². The average molecular weight is 253 g/mol. The second-order valence-corrected chi connectivity index (χ2v) is 5.52. The van der Waals surface area contributed by atoms with Crippen LogP contribution in [0.5, 0.6) is 0 Å².